The molecule has 0 amide bonds. The van der Waals surface area contributed by atoms with Gasteiger partial charge in [0.2, 0.25) is 0 Å². The number of rotatable bonds is 3. The SMILES string of the molecule is Nc1cc(Sc2cnccn2)ccc1C(=O)O. The van der Waals surface area contributed by atoms with Gasteiger partial charge in [-0.3, -0.25) is 4.98 Å². The van der Waals surface area contributed by atoms with E-state index in [2.05, 4.69) is 9.97 Å². The molecule has 86 valence electrons. The number of carbonyl (C=O) groups is 1. The van der Waals surface area contributed by atoms with E-state index < -0.39 is 5.97 Å². The van der Waals surface area contributed by atoms with Crippen LogP contribution < -0.4 is 5.73 Å². The largest absolute Gasteiger partial charge is 0.478 e. The second kappa shape index (κ2) is 4.84. The van der Waals surface area contributed by atoms with Crippen molar-refractivity contribution in [2.45, 2.75) is 9.92 Å². The van der Waals surface area contributed by atoms with E-state index in [9.17, 15) is 4.79 Å². The quantitative estimate of drug-likeness (QED) is 0.805. The summed E-state index contributed by atoms with van der Waals surface area (Å²) in [5.41, 5.74) is 5.99. The molecule has 0 atom stereocenters. The molecule has 0 bridgehead atoms. The lowest BCUT2D eigenvalue weighted by atomic mass is 10.2. The first kappa shape index (κ1) is 11.4. The standard InChI is InChI=1S/C11H9N3O2S/c12-9-5-7(1-2-8(9)11(15)16)17-10-6-13-3-4-14-10/h1-6H,12H2,(H,15,16). The number of hydrogen-bond acceptors (Lipinski definition) is 5. The fourth-order valence-corrected chi connectivity index (χ4v) is 2.05. The van der Waals surface area contributed by atoms with E-state index in [0.717, 1.165) is 9.92 Å². The molecular weight excluding hydrogens is 238 g/mol. The molecule has 0 spiro atoms. The molecule has 2 rings (SSSR count). The summed E-state index contributed by atoms with van der Waals surface area (Å²) in [6.45, 7) is 0. The molecule has 0 saturated heterocycles. The number of aromatic carboxylic acids is 1. The van der Waals surface area contributed by atoms with Crippen molar-refractivity contribution in [1.82, 2.24) is 9.97 Å². The first-order valence-electron chi connectivity index (χ1n) is 4.73. The maximum atomic E-state index is 10.8. The van der Waals surface area contributed by atoms with Crippen LogP contribution in [0.4, 0.5) is 5.69 Å². The number of carboxylic acid groups (broad SMARTS) is 1. The zero-order chi connectivity index (χ0) is 12.3. The predicted octanol–water partition coefficient (Wildman–Crippen LogP) is 1.91. The Kier molecular flexibility index (Phi) is 3.24. The molecule has 17 heavy (non-hydrogen) atoms. The maximum absolute atomic E-state index is 10.8. The van der Waals surface area contributed by atoms with Crippen molar-refractivity contribution in [3.63, 3.8) is 0 Å². The molecule has 1 heterocycles. The number of aromatic nitrogens is 2. The van der Waals surface area contributed by atoms with Crippen LogP contribution in [0.3, 0.4) is 0 Å². The Morgan fingerprint density at radius 2 is 2.18 bits per heavy atom. The number of anilines is 1. The maximum Gasteiger partial charge on any atom is 0.337 e. The summed E-state index contributed by atoms with van der Waals surface area (Å²) in [6.07, 6.45) is 4.81. The van der Waals surface area contributed by atoms with Gasteiger partial charge in [0.25, 0.3) is 0 Å². The molecule has 0 aliphatic rings. The molecule has 0 aliphatic carbocycles. The van der Waals surface area contributed by atoms with Crippen LogP contribution in [0.2, 0.25) is 0 Å². The Hall–Kier alpha value is -2.08. The van der Waals surface area contributed by atoms with Gasteiger partial charge >= 0.3 is 5.97 Å². The average Bonchev–Trinajstić information content (AvgIpc) is 2.30. The summed E-state index contributed by atoms with van der Waals surface area (Å²) >= 11 is 1.38. The zero-order valence-corrected chi connectivity index (χ0v) is 9.52. The van der Waals surface area contributed by atoms with Crippen molar-refractivity contribution in [3.05, 3.63) is 42.4 Å². The third kappa shape index (κ3) is 2.73. The van der Waals surface area contributed by atoms with E-state index in [4.69, 9.17) is 10.8 Å². The van der Waals surface area contributed by atoms with Gasteiger partial charge in [-0.1, -0.05) is 11.8 Å². The third-order valence-electron chi connectivity index (χ3n) is 2.02. The number of nitrogen functional groups attached to an aromatic ring is 1. The van der Waals surface area contributed by atoms with Gasteiger partial charge in [-0.05, 0) is 18.2 Å². The fourth-order valence-electron chi connectivity index (χ4n) is 1.26. The zero-order valence-electron chi connectivity index (χ0n) is 8.70. The van der Waals surface area contributed by atoms with Gasteiger partial charge < -0.3 is 10.8 Å². The highest BCUT2D eigenvalue weighted by Crippen LogP contribution is 2.28. The molecule has 0 unspecified atom stereocenters. The van der Waals surface area contributed by atoms with Crippen molar-refractivity contribution in [3.8, 4) is 0 Å². The summed E-state index contributed by atoms with van der Waals surface area (Å²) in [5.74, 6) is -1.03. The molecule has 0 aliphatic heterocycles. The number of carboxylic acids is 1. The van der Waals surface area contributed by atoms with Gasteiger partial charge in [0.1, 0.15) is 5.03 Å². The van der Waals surface area contributed by atoms with Crippen molar-refractivity contribution in [1.29, 1.82) is 0 Å². The van der Waals surface area contributed by atoms with E-state index >= 15 is 0 Å². The summed E-state index contributed by atoms with van der Waals surface area (Å²) < 4.78 is 0. The normalized spacial score (nSPS) is 10.1. The van der Waals surface area contributed by atoms with Gasteiger partial charge in [0, 0.05) is 23.0 Å². The van der Waals surface area contributed by atoms with Crippen LogP contribution in [0.15, 0.2) is 46.7 Å². The predicted molar refractivity (Wildman–Crippen MR) is 64.0 cm³/mol. The summed E-state index contributed by atoms with van der Waals surface area (Å²) in [6, 6.07) is 4.79. The van der Waals surface area contributed by atoms with Gasteiger partial charge in [-0.2, -0.15) is 0 Å². The molecule has 2 aromatic rings. The second-order valence-corrected chi connectivity index (χ2v) is 4.29. The van der Waals surface area contributed by atoms with Crippen LogP contribution in [0, 0.1) is 0 Å². The molecular formula is C11H9N3O2S. The monoisotopic (exact) mass is 247 g/mol. The van der Waals surface area contributed by atoms with E-state index in [0.29, 0.717) is 0 Å². The summed E-state index contributed by atoms with van der Waals surface area (Å²) in [4.78, 5) is 19.7. The minimum Gasteiger partial charge on any atom is -0.478 e. The van der Waals surface area contributed by atoms with E-state index in [1.807, 2.05) is 0 Å². The Balaban J connectivity index is 2.24. The van der Waals surface area contributed by atoms with Crippen LogP contribution in [-0.2, 0) is 0 Å². The lowest BCUT2D eigenvalue weighted by Crippen LogP contribution is -2.01. The smallest absolute Gasteiger partial charge is 0.337 e. The lowest BCUT2D eigenvalue weighted by molar-refractivity contribution is 0.0698. The van der Waals surface area contributed by atoms with Crippen molar-refractivity contribution in [2.75, 3.05) is 5.73 Å². The molecule has 3 N–H and O–H groups in total. The van der Waals surface area contributed by atoms with Crippen molar-refractivity contribution >= 4 is 23.4 Å². The number of nitrogens with zero attached hydrogens (tertiary/aromatic N) is 2. The first-order chi connectivity index (χ1) is 8.16. The van der Waals surface area contributed by atoms with Crippen LogP contribution in [0.5, 0.6) is 0 Å². The van der Waals surface area contributed by atoms with E-state index in [1.54, 1.807) is 30.7 Å². The lowest BCUT2D eigenvalue weighted by Gasteiger charge is -2.04. The van der Waals surface area contributed by atoms with Crippen LogP contribution in [-0.4, -0.2) is 21.0 Å². The third-order valence-corrected chi connectivity index (χ3v) is 2.92. The molecule has 1 aromatic heterocycles. The van der Waals surface area contributed by atoms with Gasteiger partial charge in [0.15, 0.2) is 0 Å². The first-order valence-corrected chi connectivity index (χ1v) is 5.55. The Labute approximate surface area is 102 Å². The van der Waals surface area contributed by atoms with Gasteiger partial charge in [-0.15, -0.1) is 0 Å². The highest BCUT2D eigenvalue weighted by molar-refractivity contribution is 7.99. The number of benzene rings is 1. The summed E-state index contributed by atoms with van der Waals surface area (Å²) in [5, 5.41) is 9.57. The molecule has 5 nitrogen and oxygen atoms in total. The molecule has 1 aromatic carbocycles. The van der Waals surface area contributed by atoms with Crippen molar-refractivity contribution in [2.24, 2.45) is 0 Å². The number of hydrogen-bond donors (Lipinski definition) is 2. The van der Waals surface area contributed by atoms with E-state index in [-0.39, 0.29) is 11.3 Å². The Morgan fingerprint density at radius 3 is 2.76 bits per heavy atom. The topological polar surface area (TPSA) is 89.1 Å². The Bertz CT molecular complexity index is 546. The molecule has 6 heteroatoms. The van der Waals surface area contributed by atoms with Crippen LogP contribution in [0.1, 0.15) is 10.4 Å². The minimum atomic E-state index is -1.03. The second-order valence-electron chi connectivity index (χ2n) is 3.20. The fraction of sp³-hybridized carbons (Fsp3) is 0. The van der Waals surface area contributed by atoms with Crippen LogP contribution >= 0.6 is 11.8 Å². The average molecular weight is 247 g/mol. The molecule has 0 fully saturated rings. The highest BCUT2D eigenvalue weighted by Gasteiger charge is 2.08. The molecule has 0 saturated carbocycles. The van der Waals surface area contributed by atoms with Gasteiger partial charge in [-0.25, -0.2) is 9.78 Å². The summed E-state index contributed by atoms with van der Waals surface area (Å²) in [7, 11) is 0. The number of nitrogens with two attached hydrogens (primary N) is 1. The van der Waals surface area contributed by atoms with Crippen LogP contribution in [0.25, 0.3) is 0 Å². The van der Waals surface area contributed by atoms with Gasteiger partial charge in [0.05, 0.1) is 11.8 Å². The molecule has 0 radical (unpaired) electrons. The minimum absolute atomic E-state index is 0.105. The highest BCUT2D eigenvalue weighted by atomic mass is 32.2. The van der Waals surface area contributed by atoms with E-state index in [1.165, 1.54) is 17.8 Å². The van der Waals surface area contributed by atoms with Crippen molar-refractivity contribution < 1.29 is 9.90 Å². The Morgan fingerprint density at radius 1 is 1.35 bits per heavy atom.